The average Bonchev–Trinajstić information content (AvgIpc) is 2.61. The molecule has 25 heavy (non-hydrogen) atoms. The van der Waals surface area contributed by atoms with Crippen LogP contribution in [0.3, 0.4) is 0 Å². The lowest BCUT2D eigenvalue weighted by atomic mass is 10.3. The molecule has 2 rings (SSSR count). The smallest absolute Gasteiger partial charge is 0.325 e. The molecule has 7 nitrogen and oxygen atoms in total. The fourth-order valence-electron chi connectivity index (χ4n) is 1.94. The van der Waals surface area contributed by atoms with Gasteiger partial charge in [-0.05, 0) is 40.2 Å². The number of ether oxygens (including phenoxy) is 3. The van der Waals surface area contributed by atoms with Crippen molar-refractivity contribution in [1.29, 1.82) is 0 Å². The van der Waals surface area contributed by atoms with E-state index in [1.807, 2.05) is 0 Å². The second-order valence-electron chi connectivity index (χ2n) is 4.79. The molecule has 0 spiro atoms. The molecule has 0 bridgehead atoms. The van der Waals surface area contributed by atoms with E-state index < -0.39 is 11.9 Å². The summed E-state index contributed by atoms with van der Waals surface area (Å²) in [7, 11) is 3.02. The number of carbonyl (C=O) groups is 2. The number of rotatable bonds is 6. The highest BCUT2D eigenvalue weighted by Gasteiger charge is 2.11. The number of imide groups is 1. The van der Waals surface area contributed by atoms with Crippen LogP contribution in [0.1, 0.15) is 0 Å². The van der Waals surface area contributed by atoms with Crippen molar-refractivity contribution >= 4 is 33.6 Å². The highest BCUT2D eigenvalue weighted by Crippen LogP contribution is 2.28. The summed E-state index contributed by atoms with van der Waals surface area (Å²) in [5.41, 5.74) is 0.482. The monoisotopic (exact) mass is 408 g/mol. The number of amides is 3. The Morgan fingerprint density at radius 3 is 2.36 bits per heavy atom. The van der Waals surface area contributed by atoms with Gasteiger partial charge in [0, 0.05) is 11.8 Å². The number of halogens is 1. The molecule has 0 unspecified atom stereocenters. The number of hydrogen-bond acceptors (Lipinski definition) is 5. The van der Waals surface area contributed by atoms with Crippen LogP contribution in [0.25, 0.3) is 0 Å². The molecular weight excluding hydrogens is 392 g/mol. The Bertz CT molecular complexity index is 766. The summed E-state index contributed by atoms with van der Waals surface area (Å²) in [5.74, 6) is 0.885. The van der Waals surface area contributed by atoms with Gasteiger partial charge in [-0.1, -0.05) is 12.1 Å². The van der Waals surface area contributed by atoms with Gasteiger partial charge in [0.15, 0.2) is 18.1 Å². The number of benzene rings is 2. The van der Waals surface area contributed by atoms with Gasteiger partial charge in [0.1, 0.15) is 5.75 Å². The molecule has 0 aliphatic rings. The van der Waals surface area contributed by atoms with E-state index in [0.717, 1.165) is 4.47 Å². The Balaban J connectivity index is 1.87. The van der Waals surface area contributed by atoms with E-state index in [9.17, 15) is 9.59 Å². The minimum atomic E-state index is -0.669. The SMILES string of the molecule is COc1cc(NC(=O)NC(=O)COc2ccccc2OC)ccc1Br. The van der Waals surface area contributed by atoms with Crippen LogP contribution in [0, 0.1) is 0 Å². The van der Waals surface area contributed by atoms with Crippen LogP contribution in [-0.4, -0.2) is 32.8 Å². The number of urea groups is 1. The molecule has 2 N–H and O–H groups in total. The average molecular weight is 409 g/mol. The van der Waals surface area contributed by atoms with Gasteiger partial charge in [-0.2, -0.15) is 0 Å². The first-order valence-electron chi connectivity index (χ1n) is 7.23. The zero-order valence-electron chi connectivity index (χ0n) is 13.7. The van der Waals surface area contributed by atoms with Gasteiger partial charge in [0.2, 0.25) is 0 Å². The Morgan fingerprint density at radius 1 is 1.00 bits per heavy atom. The van der Waals surface area contributed by atoms with E-state index in [2.05, 4.69) is 26.6 Å². The van der Waals surface area contributed by atoms with E-state index in [4.69, 9.17) is 14.2 Å². The third-order valence-corrected chi connectivity index (χ3v) is 3.74. The van der Waals surface area contributed by atoms with Crippen LogP contribution in [0.5, 0.6) is 17.2 Å². The predicted octanol–water partition coefficient (Wildman–Crippen LogP) is 3.19. The van der Waals surface area contributed by atoms with Crippen molar-refractivity contribution in [3.8, 4) is 17.2 Å². The van der Waals surface area contributed by atoms with Gasteiger partial charge < -0.3 is 19.5 Å². The van der Waals surface area contributed by atoms with Crippen molar-refractivity contribution in [1.82, 2.24) is 5.32 Å². The fourth-order valence-corrected chi connectivity index (χ4v) is 2.35. The first-order chi connectivity index (χ1) is 12.0. The van der Waals surface area contributed by atoms with E-state index in [-0.39, 0.29) is 6.61 Å². The van der Waals surface area contributed by atoms with E-state index >= 15 is 0 Å². The van der Waals surface area contributed by atoms with Crippen molar-refractivity contribution in [2.24, 2.45) is 0 Å². The van der Waals surface area contributed by atoms with Crippen molar-refractivity contribution in [3.05, 3.63) is 46.9 Å². The Morgan fingerprint density at radius 2 is 1.68 bits per heavy atom. The summed E-state index contributed by atoms with van der Waals surface area (Å²) in [6.45, 7) is -0.322. The molecule has 132 valence electrons. The molecule has 0 heterocycles. The number of hydrogen-bond donors (Lipinski definition) is 2. The van der Waals surface area contributed by atoms with Gasteiger partial charge in [-0.3, -0.25) is 10.1 Å². The molecule has 0 aliphatic carbocycles. The number of nitrogens with one attached hydrogen (secondary N) is 2. The molecule has 0 atom stereocenters. The predicted molar refractivity (Wildman–Crippen MR) is 96.3 cm³/mol. The molecule has 0 saturated heterocycles. The van der Waals surface area contributed by atoms with Crippen LogP contribution in [0.15, 0.2) is 46.9 Å². The molecule has 0 radical (unpaired) electrons. The summed E-state index contributed by atoms with van der Waals surface area (Å²) in [6, 6.07) is 11.3. The Labute approximate surface area is 153 Å². The third kappa shape index (κ3) is 5.39. The van der Waals surface area contributed by atoms with Gasteiger partial charge in [-0.25, -0.2) is 4.79 Å². The molecule has 3 amide bonds. The normalized spacial score (nSPS) is 9.88. The zero-order valence-corrected chi connectivity index (χ0v) is 15.3. The molecule has 2 aromatic rings. The first-order valence-corrected chi connectivity index (χ1v) is 8.03. The van der Waals surface area contributed by atoms with Crippen LogP contribution < -0.4 is 24.8 Å². The van der Waals surface area contributed by atoms with Crippen molar-refractivity contribution < 1.29 is 23.8 Å². The molecule has 8 heteroatoms. The Kier molecular flexibility index (Phi) is 6.64. The number of para-hydroxylation sites is 2. The van der Waals surface area contributed by atoms with Crippen LogP contribution >= 0.6 is 15.9 Å². The van der Waals surface area contributed by atoms with E-state index in [1.54, 1.807) is 42.5 Å². The molecule has 0 saturated carbocycles. The van der Waals surface area contributed by atoms with Crippen molar-refractivity contribution in [2.75, 3.05) is 26.1 Å². The van der Waals surface area contributed by atoms with Crippen LogP contribution in [0.2, 0.25) is 0 Å². The van der Waals surface area contributed by atoms with Crippen LogP contribution in [-0.2, 0) is 4.79 Å². The highest BCUT2D eigenvalue weighted by molar-refractivity contribution is 9.10. The van der Waals surface area contributed by atoms with Gasteiger partial charge in [-0.15, -0.1) is 0 Å². The summed E-state index contributed by atoms with van der Waals surface area (Å²) in [4.78, 5) is 23.7. The molecule has 0 aliphatic heterocycles. The zero-order chi connectivity index (χ0) is 18.2. The lowest BCUT2D eigenvalue weighted by Crippen LogP contribution is -2.37. The van der Waals surface area contributed by atoms with Gasteiger partial charge in [0.05, 0.1) is 18.7 Å². The summed E-state index contributed by atoms with van der Waals surface area (Å²) < 4.78 is 16.4. The first kappa shape index (κ1) is 18.6. The topological polar surface area (TPSA) is 85.9 Å². The largest absolute Gasteiger partial charge is 0.495 e. The van der Waals surface area contributed by atoms with Gasteiger partial charge >= 0.3 is 6.03 Å². The summed E-state index contributed by atoms with van der Waals surface area (Å²) in [5, 5.41) is 4.72. The molecule has 0 aromatic heterocycles. The number of anilines is 1. The minimum Gasteiger partial charge on any atom is -0.495 e. The van der Waals surface area contributed by atoms with Crippen LogP contribution in [0.4, 0.5) is 10.5 Å². The molecule has 2 aromatic carbocycles. The molecule has 0 fully saturated rings. The second kappa shape index (κ2) is 8.93. The quantitative estimate of drug-likeness (QED) is 0.766. The maximum Gasteiger partial charge on any atom is 0.325 e. The second-order valence-corrected chi connectivity index (χ2v) is 5.65. The molecular formula is C17H17BrN2O5. The number of methoxy groups -OCH3 is 2. The maximum absolute atomic E-state index is 11.9. The summed E-state index contributed by atoms with van der Waals surface area (Å²) in [6.07, 6.45) is 0. The van der Waals surface area contributed by atoms with Crippen molar-refractivity contribution in [2.45, 2.75) is 0 Å². The standard InChI is InChI=1S/C17H17BrN2O5/c1-23-13-5-3-4-6-14(13)25-10-16(21)20-17(22)19-11-7-8-12(18)15(9-11)24-2/h3-9H,10H2,1-2H3,(H2,19,20,21,22). The minimum absolute atomic E-state index is 0.322. The lowest BCUT2D eigenvalue weighted by Gasteiger charge is -2.11. The third-order valence-electron chi connectivity index (χ3n) is 3.09. The Hall–Kier alpha value is -2.74. The fraction of sp³-hybridized carbons (Fsp3) is 0.176. The van der Waals surface area contributed by atoms with Crippen molar-refractivity contribution in [3.63, 3.8) is 0 Å². The highest BCUT2D eigenvalue weighted by atomic mass is 79.9. The van der Waals surface area contributed by atoms with Gasteiger partial charge in [0.25, 0.3) is 5.91 Å². The van der Waals surface area contributed by atoms with E-state index in [1.165, 1.54) is 14.2 Å². The lowest BCUT2D eigenvalue weighted by molar-refractivity contribution is -0.121. The van der Waals surface area contributed by atoms with E-state index in [0.29, 0.717) is 22.9 Å². The number of carbonyl (C=O) groups excluding carboxylic acids is 2. The summed E-state index contributed by atoms with van der Waals surface area (Å²) >= 11 is 3.32. The maximum atomic E-state index is 11.9.